The molecule has 1 aromatic carbocycles. The van der Waals surface area contributed by atoms with Crippen LogP contribution in [0.5, 0.6) is 5.95 Å². The molecule has 3 rings (SSSR count). The highest BCUT2D eigenvalue weighted by Crippen LogP contribution is 2.31. The largest absolute Gasteiger partial charge is 0.539 e. The van der Waals surface area contributed by atoms with Crippen molar-refractivity contribution < 1.29 is 19.1 Å². The number of para-hydroxylation sites is 1. The quantitative estimate of drug-likeness (QED) is 0.755. The summed E-state index contributed by atoms with van der Waals surface area (Å²) in [6.07, 6.45) is 1.88. The first-order chi connectivity index (χ1) is 9.66. The van der Waals surface area contributed by atoms with Crippen molar-refractivity contribution in [2.45, 2.75) is 19.4 Å². The van der Waals surface area contributed by atoms with Gasteiger partial charge >= 0.3 is 0 Å². The zero-order valence-electron chi connectivity index (χ0n) is 11.2. The summed E-state index contributed by atoms with van der Waals surface area (Å²) in [6.45, 7) is 0.201. The van der Waals surface area contributed by atoms with Crippen molar-refractivity contribution in [2.24, 2.45) is 5.92 Å². The molecule has 1 aromatic heterocycles. The maximum atomic E-state index is 12.0. The Hall–Kier alpha value is -2.37. The number of carbonyl (C=O) groups excluding carboxylic acids is 1. The average molecular weight is 273 g/mol. The van der Waals surface area contributed by atoms with Gasteiger partial charge < -0.3 is 14.5 Å². The van der Waals surface area contributed by atoms with Crippen molar-refractivity contribution in [1.82, 2.24) is 10.2 Å². The zero-order valence-corrected chi connectivity index (χ0v) is 11.2. The van der Waals surface area contributed by atoms with Crippen LogP contribution in [-0.2, 0) is 11.3 Å². The van der Waals surface area contributed by atoms with Gasteiger partial charge in [-0.25, -0.2) is 0 Å². The maximum Gasteiger partial charge on any atom is 0.259 e. The molecule has 2 aromatic rings. The Morgan fingerprint density at radius 2 is 2.15 bits per heavy atom. The van der Waals surface area contributed by atoms with Crippen LogP contribution in [0.15, 0.2) is 34.9 Å². The lowest BCUT2D eigenvalue weighted by molar-refractivity contribution is -0.678. The van der Waals surface area contributed by atoms with E-state index < -0.39 is 5.95 Å². The normalized spacial score (nSPS) is 14.2. The Labute approximate surface area is 116 Å². The molecule has 1 saturated carbocycles. The third-order valence-electron chi connectivity index (χ3n) is 3.39. The van der Waals surface area contributed by atoms with Crippen LogP contribution in [0.4, 0.5) is 0 Å². The van der Waals surface area contributed by atoms with E-state index in [1.165, 1.54) is 4.68 Å². The van der Waals surface area contributed by atoms with E-state index >= 15 is 0 Å². The van der Waals surface area contributed by atoms with Gasteiger partial charge in [0.05, 0.1) is 5.27 Å². The number of rotatable bonds is 4. The number of aromatic nitrogens is 2. The molecule has 0 spiro atoms. The second-order valence-corrected chi connectivity index (χ2v) is 5.02. The van der Waals surface area contributed by atoms with Crippen molar-refractivity contribution in [3.63, 3.8) is 0 Å². The summed E-state index contributed by atoms with van der Waals surface area (Å²) < 4.78 is 6.17. The summed E-state index contributed by atoms with van der Waals surface area (Å²) in [6, 6.07) is 9.24. The van der Waals surface area contributed by atoms with Crippen LogP contribution in [-0.4, -0.2) is 23.1 Å². The molecule has 1 heterocycles. The van der Waals surface area contributed by atoms with Crippen LogP contribution in [0.3, 0.4) is 0 Å². The van der Waals surface area contributed by atoms with Gasteiger partial charge in [0.15, 0.2) is 5.95 Å². The van der Waals surface area contributed by atoms with Gasteiger partial charge in [0.1, 0.15) is 6.54 Å². The Balaban J connectivity index is 1.86. The molecule has 6 nitrogen and oxygen atoms in total. The second kappa shape index (κ2) is 4.96. The third-order valence-corrected chi connectivity index (χ3v) is 3.39. The molecule has 0 unspecified atom stereocenters. The molecule has 1 fully saturated rings. The fraction of sp³-hybridized carbons (Fsp3) is 0.357. The van der Waals surface area contributed by atoms with Crippen LogP contribution in [0.25, 0.3) is 5.69 Å². The maximum absolute atomic E-state index is 12.0. The first-order valence-electron chi connectivity index (χ1n) is 6.55. The van der Waals surface area contributed by atoms with E-state index in [0.717, 1.165) is 18.5 Å². The minimum Gasteiger partial charge on any atom is -0.539 e. The molecule has 0 radical (unpaired) electrons. The molecule has 1 aliphatic carbocycles. The van der Waals surface area contributed by atoms with Crippen molar-refractivity contribution in [3.05, 3.63) is 36.0 Å². The minimum atomic E-state index is -0.510. The zero-order chi connectivity index (χ0) is 14.1. The summed E-state index contributed by atoms with van der Waals surface area (Å²) in [5.74, 6) is -0.311. The SMILES string of the molecule is CN(Cc1c([O-])on[n+]1-c1ccccc1)C(=O)C1CC1. The van der Waals surface area contributed by atoms with Gasteiger partial charge in [-0.2, -0.15) is 0 Å². The Kier molecular flexibility index (Phi) is 3.14. The lowest BCUT2D eigenvalue weighted by Gasteiger charge is -2.14. The highest BCUT2D eigenvalue weighted by molar-refractivity contribution is 5.80. The summed E-state index contributed by atoms with van der Waals surface area (Å²) in [5, 5.41) is 15.5. The summed E-state index contributed by atoms with van der Waals surface area (Å²) in [4.78, 5) is 13.5. The van der Waals surface area contributed by atoms with Crippen molar-refractivity contribution >= 4 is 5.91 Å². The fourth-order valence-electron chi connectivity index (χ4n) is 2.11. The topological polar surface area (TPSA) is 73.3 Å². The smallest absolute Gasteiger partial charge is 0.259 e. The molecule has 0 bridgehead atoms. The number of nitrogens with zero attached hydrogens (tertiary/aromatic N) is 3. The number of hydrogen-bond acceptors (Lipinski definition) is 4. The van der Waals surface area contributed by atoms with Crippen LogP contribution in [0.1, 0.15) is 18.5 Å². The molecule has 0 atom stereocenters. The molecule has 1 aliphatic rings. The molecule has 6 heteroatoms. The molecule has 1 amide bonds. The van der Waals surface area contributed by atoms with Crippen LogP contribution in [0.2, 0.25) is 0 Å². The van der Waals surface area contributed by atoms with Gasteiger partial charge in [-0.15, -0.1) is 0 Å². The van der Waals surface area contributed by atoms with E-state index in [9.17, 15) is 9.90 Å². The molecule has 0 N–H and O–H groups in total. The Morgan fingerprint density at radius 1 is 1.45 bits per heavy atom. The molecule has 20 heavy (non-hydrogen) atoms. The first kappa shape index (κ1) is 12.7. The van der Waals surface area contributed by atoms with E-state index in [0.29, 0.717) is 5.69 Å². The molecule has 104 valence electrons. The van der Waals surface area contributed by atoms with Gasteiger partial charge in [-0.05, 0) is 17.5 Å². The van der Waals surface area contributed by atoms with Gasteiger partial charge in [0, 0.05) is 25.1 Å². The average Bonchev–Trinajstić information content (AvgIpc) is 3.25. The number of hydrogen-bond donors (Lipinski definition) is 0. The monoisotopic (exact) mass is 273 g/mol. The van der Waals surface area contributed by atoms with Crippen LogP contribution >= 0.6 is 0 Å². The van der Waals surface area contributed by atoms with Gasteiger partial charge in [0.25, 0.3) is 5.69 Å². The molecular weight excluding hydrogens is 258 g/mol. The standard InChI is InChI=1S/C14H15N3O3/c1-16(13(18)10-7-8-10)9-12-14(19)20-15-17(12)11-5-3-2-4-6-11/h2-6,10H,7-9H2,1H3. The van der Waals surface area contributed by atoms with Crippen molar-refractivity contribution in [1.29, 1.82) is 0 Å². The minimum absolute atomic E-state index is 0.0743. The second-order valence-electron chi connectivity index (χ2n) is 5.02. The lowest BCUT2D eigenvalue weighted by atomic mass is 10.3. The number of carbonyl (C=O) groups is 1. The van der Waals surface area contributed by atoms with E-state index in [4.69, 9.17) is 4.52 Å². The third kappa shape index (κ3) is 2.36. The van der Waals surface area contributed by atoms with Crippen molar-refractivity contribution in [3.8, 4) is 11.6 Å². The molecule has 0 aliphatic heterocycles. The predicted octanol–water partition coefficient (Wildman–Crippen LogP) is 0.393. The summed E-state index contributed by atoms with van der Waals surface area (Å²) in [7, 11) is 1.70. The number of amides is 1. The predicted molar refractivity (Wildman–Crippen MR) is 66.7 cm³/mol. The van der Waals surface area contributed by atoms with Gasteiger partial charge in [0.2, 0.25) is 11.6 Å². The fourth-order valence-corrected chi connectivity index (χ4v) is 2.11. The Morgan fingerprint density at radius 3 is 2.80 bits per heavy atom. The molecular formula is C14H15N3O3. The van der Waals surface area contributed by atoms with Crippen molar-refractivity contribution in [2.75, 3.05) is 7.05 Å². The van der Waals surface area contributed by atoms with Gasteiger partial charge in [-0.1, -0.05) is 18.2 Å². The summed E-state index contributed by atoms with van der Waals surface area (Å²) >= 11 is 0. The van der Waals surface area contributed by atoms with Gasteiger partial charge in [-0.3, -0.25) is 4.79 Å². The first-order valence-corrected chi connectivity index (χ1v) is 6.55. The molecule has 0 saturated heterocycles. The van der Waals surface area contributed by atoms with E-state index in [1.807, 2.05) is 30.3 Å². The highest BCUT2D eigenvalue weighted by Gasteiger charge is 2.33. The number of benzene rings is 1. The van der Waals surface area contributed by atoms with E-state index in [1.54, 1.807) is 11.9 Å². The van der Waals surface area contributed by atoms with Crippen LogP contribution in [0, 0.1) is 5.92 Å². The lowest BCUT2D eigenvalue weighted by Crippen LogP contribution is -2.40. The summed E-state index contributed by atoms with van der Waals surface area (Å²) in [5.41, 5.74) is 1.09. The van der Waals surface area contributed by atoms with E-state index in [2.05, 4.69) is 5.27 Å². The van der Waals surface area contributed by atoms with E-state index in [-0.39, 0.29) is 18.4 Å². The Bertz CT molecular complexity index is 620. The van der Waals surface area contributed by atoms with Crippen LogP contribution < -0.4 is 9.79 Å². The highest BCUT2D eigenvalue weighted by atomic mass is 16.6.